The van der Waals surface area contributed by atoms with E-state index in [9.17, 15) is 4.79 Å². The number of carbonyl (C=O) groups excluding carboxylic acids is 1. The summed E-state index contributed by atoms with van der Waals surface area (Å²) < 4.78 is 5.27. The van der Waals surface area contributed by atoms with Gasteiger partial charge in [0.1, 0.15) is 0 Å². The zero-order valence-corrected chi connectivity index (χ0v) is 11.5. The van der Waals surface area contributed by atoms with Gasteiger partial charge in [-0.15, -0.1) is 0 Å². The average molecular weight is 276 g/mol. The van der Waals surface area contributed by atoms with Crippen LogP contribution in [0.1, 0.15) is 12.5 Å². The molecule has 0 saturated carbocycles. The number of esters is 1. The fourth-order valence-electron chi connectivity index (χ4n) is 1.81. The topological polar surface area (TPSA) is 50.4 Å². The second-order valence-corrected chi connectivity index (χ2v) is 4.69. The summed E-state index contributed by atoms with van der Waals surface area (Å²) in [5, 5.41) is 6.37. The van der Waals surface area contributed by atoms with E-state index in [1.54, 1.807) is 0 Å². The number of rotatable bonds is 4. The molecule has 0 aliphatic carbocycles. The van der Waals surface area contributed by atoms with Gasteiger partial charge in [0.25, 0.3) is 0 Å². The SMILES string of the molecule is CC1=C(C(=O)OCCc2ccccc2)CNC(=S)N1. The third-order valence-corrected chi connectivity index (χ3v) is 3.14. The summed E-state index contributed by atoms with van der Waals surface area (Å²) in [6.07, 6.45) is 0.720. The molecule has 1 aromatic carbocycles. The molecule has 0 saturated heterocycles. The molecule has 0 bridgehead atoms. The Morgan fingerprint density at radius 2 is 2.11 bits per heavy atom. The summed E-state index contributed by atoms with van der Waals surface area (Å²) in [5.41, 5.74) is 2.51. The molecular formula is C14H16N2O2S. The summed E-state index contributed by atoms with van der Waals surface area (Å²) in [5.74, 6) is -0.295. The first-order chi connectivity index (χ1) is 9.16. The van der Waals surface area contributed by atoms with E-state index in [4.69, 9.17) is 17.0 Å². The van der Waals surface area contributed by atoms with E-state index in [1.165, 1.54) is 0 Å². The molecular weight excluding hydrogens is 260 g/mol. The highest BCUT2D eigenvalue weighted by atomic mass is 32.1. The molecule has 0 amide bonds. The molecule has 0 unspecified atom stereocenters. The number of nitrogens with one attached hydrogen (secondary N) is 2. The van der Waals surface area contributed by atoms with Crippen LogP contribution in [0, 0.1) is 0 Å². The Morgan fingerprint density at radius 1 is 1.37 bits per heavy atom. The Labute approximate surface area is 117 Å². The van der Waals surface area contributed by atoms with Crippen LogP contribution in [-0.2, 0) is 16.0 Å². The quantitative estimate of drug-likeness (QED) is 0.645. The second kappa shape index (κ2) is 6.33. The highest BCUT2D eigenvalue weighted by molar-refractivity contribution is 7.80. The van der Waals surface area contributed by atoms with Gasteiger partial charge in [-0.3, -0.25) is 0 Å². The third-order valence-electron chi connectivity index (χ3n) is 2.89. The number of allylic oxidation sites excluding steroid dienone is 1. The standard InChI is InChI=1S/C14H16N2O2S/c1-10-12(9-15-14(19)16-10)13(17)18-8-7-11-5-3-2-4-6-11/h2-6H,7-9H2,1H3,(H2,15,16,19). The molecule has 0 radical (unpaired) electrons. The van der Waals surface area contributed by atoms with Gasteiger partial charge >= 0.3 is 5.97 Å². The lowest BCUT2D eigenvalue weighted by Gasteiger charge is -2.20. The first-order valence-electron chi connectivity index (χ1n) is 6.12. The number of hydrogen-bond acceptors (Lipinski definition) is 3. The van der Waals surface area contributed by atoms with Crippen molar-refractivity contribution in [3.63, 3.8) is 0 Å². The van der Waals surface area contributed by atoms with Crippen molar-refractivity contribution in [3.8, 4) is 0 Å². The van der Waals surface area contributed by atoms with E-state index >= 15 is 0 Å². The summed E-state index contributed by atoms with van der Waals surface area (Å²) in [6.45, 7) is 2.62. The maximum absolute atomic E-state index is 11.9. The minimum absolute atomic E-state index is 0.295. The maximum Gasteiger partial charge on any atom is 0.337 e. The first-order valence-corrected chi connectivity index (χ1v) is 6.53. The lowest BCUT2D eigenvalue weighted by Crippen LogP contribution is -2.43. The fourth-order valence-corrected chi connectivity index (χ4v) is 2.04. The van der Waals surface area contributed by atoms with Crippen molar-refractivity contribution in [2.24, 2.45) is 0 Å². The van der Waals surface area contributed by atoms with Gasteiger partial charge < -0.3 is 15.4 Å². The Balaban J connectivity index is 1.85. The monoisotopic (exact) mass is 276 g/mol. The zero-order valence-electron chi connectivity index (χ0n) is 10.7. The molecule has 0 fully saturated rings. The van der Waals surface area contributed by atoms with Gasteiger partial charge in [0, 0.05) is 12.1 Å². The van der Waals surface area contributed by atoms with Gasteiger partial charge in [0.2, 0.25) is 0 Å². The third kappa shape index (κ3) is 3.79. The van der Waals surface area contributed by atoms with Crippen molar-refractivity contribution >= 4 is 23.3 Å². The van der Waals surface area contributed by atoms with Crippen molar-refractivity contribution < 1.29 is 9.53 Å². The minimum atomic E-state index is -0.295. The molecule has 4 nitrogen and oxygen atoms in total. The summed E-state index contributed by atoms with van der Waals surface area (Å²) in [7, 11) is 0. The molecule has 1 aliphatic rings. The van der Waals surface area contributed by atoms with Crippen LogP contribution in [0.5, 0.6) is 0 Å². The molecule has 2 rings (SSSR count). The molecule has 2 N–H and O–H groups in total. The van der Waals surface area contributed by atoms with Crippen LogP contribution in [0.3, 0.4) is 0 Å². The van der Waals surface area contributed by atoms with Gasteiger partial charge in [-0.1, -0.05) is 30.3 Å². The van der Waals surface area contributed by atoms with Crippen molar-refractivity contribution in [1.82, 2.24) is 10.6 Å². The van der Waals surface area contributed by atoms with Crippen LogP contribution in [0.2, 0.25) is 0 Å². The number of ether oxygens (including phenoxy) is 1. The van der Waals surface area contributed by atoms with Crippen LogP contribution in [0.25, 0.3) is 0 Å². The predicted molar refractivity (Wildman–Crippen MR) is 77.5 cm³/mol. The Bertz CT molecular complexity index is 511. The van der Waals surface area contributed by atoms with Gasteiger partial charge in [-0.2, -0.15) is 0 Å². The van der Waals surface area contributed by atoms with Crippen LogP contribution in [0.15, 0.2) is 41.6 Å². The maximum atomic E-state index is 11.9. The van der Waals surface area contributed by atoms with Crippen molar-refractivity contribution in [2.45, 2.75) is 13.3 Å². The fraction of sp³-hybridized carbons (Fsp3) is 0.286. The van der Waals surface area contributed by atoms with Crippen LogP contribution >= 0.6 is 12.2 Å². The number of carbonyl (C=O) groups is 1. The molecule has 1 aromatic rings. The first kappa shape index (κ1) is 13.5. The van der Waals surface area contributed by atoms with Crippen molar-refractivity contribution in [2.75, 3.05) is 13.2 Å². The lowest BCUT2D eigenvalue weighted by molar-refractivity contribution is -0.139. The summed E-state index contributed by atoms with van der Waals surface area (Å²) in [4.78, 5) is 11.9. The highest BCUT2D eigenvalue weighted by Gasteiger charge is 2.19. The highest BCUT2D eigenvalue weighted by Crippen LogP contribution is 2.08. The zero-order chi connectivity index (χ0) is 13.7. The van der Waals surface area contributed by atoms with Crippen LogP contribution in [0.4, 0.5) is 0 Å². The molecule has 5 heteroatoms. The molecule has 1 heterocycles. The minimum Gasteiger partial charge on any atom is -0.462 e. The van der Waals surface area contributed by atoms with Crippen molar-refractivity contribution in [1.29, 1.82) is 0 Å². The van der Waals surface area contributed by atoms with E-state index < -0.39 is 0 Å². The van der Waals surface area contributed by atoms with E-state index in [0.717, 1.165) is 17.7 Å². The lowest BCUT2D eigenvalue weighted by atomic mass is 10.1. The number of hydrogen-bond donors (Lipinski definition) is 2. The largest absolute Gasteiger partial charge is 0.462 e. The molecule has 0 atom stereocenters. The van der Waals surface area contributed by atoms with E-state index in [2.05, 4.69) is 10.6 Å². The summed E-state index contributed by atoms with van der Waals surface area (Å²) >= 11 is 4.97. The molecule has 100 valence electrons. The number of thiocarbonyl (C=S) groups is 1. The average Bonchev–Trinajstić information content (AvgIpc) is 2.39. The molecule has 19 heavy (non-hydrogen) atoms. The second-order valence-electron chi connectivity index (χ2n) is 4.28. The summed E-state index contributed by atoms with van der Waals surface area (Å²) in [6, 6.07) is 9.94. The smallest absolute Gasteiger partial charge is 0.337 e. The van der Waals surface area contributed by atoms with E-state index in [0.29, 0.717) is 23.8 Å². The van der Waals surface area contributed by atoms with Gasteiger partial charge in [-0.05, 0) is 24.7 Å². The van der Waals surface area contributed by atoms with Crippen LogP contribution in [-0.4, -0.2) is 24.2 Å². The Morgan fingerprint density at radius 3 is 2.79 bits per heavy atom. The van der Waals surface area contributed by atoms with E-state index in [1.807, 2.05) is 37.3 Å². The van der Waals surface area contributed by atoms with Crippen molar-refractivity contribution in [3.05, 3.63) is 47.2 Å². The van der Waals surface area contributed by atoms with Gasteiger partial charge in [-0.25, -0.2) is 4.79 Å². The van der Waals surface area contributed by atoms with Gasteiger partial charge in [0.05, 0.1) is 18.7 Å². The number of benzene rings is 1. The molecule has 0 spiro atoms. The van der Waals surface area contributed by atoms with Crippen LogP contribution < -0.4 is 10.6 Å². The van der Waals surface area contributed by atoms with Gasteiger partial charge in [0.15, 0.2) is 5.11 Å². The predicted octanol–water partition coefficient (Wildman–Crippen LogP) is 1.52. The Kier molecular flexibility index (Phi) is 4.52. The normalized spacial score (nSPS) is 14.7. The molecule has 0 aromatic heterocycles. The molecule has 1 aliphatic heterocycles. The Hall–Kier alpha value is -1.88. The van der Waals surface area contributed by atoms with E-state index in [-0.39, 0.29) is 5.97 Å².